The molecule has 0 aromatic heterocycles. The van der Waals surface area contributed by atoms with Crippen molar-refractivity contribution in [3.63, 3.8) is 0 Å². The summed E-state index contributed by atoms with van der Waals surface area (Å²) in [6.45, 7) is 5.04. The molecule has 102 valence electrons. The van der Waals surface area contributed by atoms with Crippen molar-refractivity contribution in [3.8, 4) is 11.5 Å². The summed E-state index contributed by atoms with van der Waals surface area (Å²) in [5, 5.41) is 3.33. The minimum absolute atomic E-state index is 0.182. The summed E-state index contributed by atoms with van der Waals surface area (Å²) in [6.07, 6.45) is 0.798. The highest BCUT2D eigenvalue weighted by Gasteiger charge is 2.25. The van der Waals surface area contributed by atoms with Gasteiger partial charge in [0.2, 0.25) is 6.79 Å². The van der Waals surface area contributed by atoms with Gasteiger partial charge in [0, 0.05) is 42.8 Å². The van der Waals surface area contributed by atoms with Gasteiger partial charge in [-0.15, -0.1) is 0 Å². The van der Waals surface area contributed by atoms with E-state index in [1.54, 1.807) is 0 Å². The molecule has 0 amide bonds. The third-order valence-electron chi connectivity index (χ3n) is 3.43. The molecule has 19 heavy (non-hydrogen) atoms. The van der Waals surface area contributed by atoms with Gasteiger partial charge in [0.05, 0.1) is 5.56 Å². The number of hydrogen-bond donors (Lipinski definition) is 1. The molecule has 0 saturated carbocycles. The average Bonchev–Trinajstić information content (AvgIpc) is 2.89. The topological polar surface area (TPSA) is 50.8 Å². The Balaban J connectivity index is 1.91. The van der Waals surface area contributed by atoms with E-state index in [-0.39, 0.29) is 6.79 Å². The number of halogens is 1. The van der Waals surface area contributed by atoms with Crippen LogP contribution in [0.2, 0.25) is 0 Å². The van der Waals surface area contributed by atoms with Crippen molar-refractivity contribution in [2.24, 2.45) is 0 Å². The average molecular weight is 327 g/mol. The van der Waals surface area contributed by atoms with E-state index in [0.29, 0.717) is 17.1 Å². The number of piperazine rings is 1. The maximum absolute atomic E-state index is 11.1. The van der Waals surface area contributed by atoms with Gasteiger partial charge < -0.3 is 14.8 Å². The summed E-state index contributed by atoms with van der Waals surface area (Å²) in [7, 11) is 0. The molecule has 0 spiro atoms. The van der Waals surface area contributed by atoms with Crippen molar-refractivity contribution in [1.29, 1.82) is 0 Å². The molecule has 0 atom stereocenters. The zero-order valence-electron chi connectivity index (χ0n) is 10.4. The molecule has 2 aliphatic heterocycles. The molecular weight excluding hydrogens is 312 g/mol. The van der Waals surface area contributed by atoms with Gasteiger partial charge in [-0.05, 0) is 22.0 Å². The van der Waals surface area contributed by atoms with E-state index in [1.165, 1.54) is 0 Å². The SMILES string of the molecule is O=Cc1c(Br)cc(CN2CCNCC2)c2c1OCO2. The molecule has 1 fully saturated rings. The highest BCUT2D eigenvalue weighted by Crippen LogP contribution is 2.42. The van der Waals surface area contributed by atoms with Crippen LogP contribution in [0.1, 0.15) is 15.9 Å². The van der Waals surface area contributed by atoms with Gasteiger partial charge in [-0.25, -0.2) is 0 Å². The van der Waals surface area contributed by atoms with Crippen molar-refractivity contribution in [2.75, 3.05) is 33.0 Å². The molecule has 0 bridgehead atoms. The van der Waals surface area contributed by atoms with Gasteiger partial charge >= 0.3 is 0 Å². The Morgan fingerprint density at radius 1 is 1.32 bits per heavy atom. The number of rotatable bonds is 3. The largest absolute Gasteiger partial charge is 0.453 e. The van der Waals surface area contributed by atoms with Crippen LogP contribution in [0.5, 0.6) is 11.5 Å². The number of nitrogens with one attached hydrogen (secondary N) is 1. The summed E-state index contributed by atoms with van der Waals surface area (Å²) in [6, 6.07) is 1.96. The van der Waals surface area contributed by atoms with Crippen LogP contribution in [0, 0.1) is 0 Å². The van der Waals surface area contributed by atoms with Crippen molar-refractivity contribution in [3.05, 3.63) is 21.7 Å². The standard InChI is InChI=1S/C13H15BrN2O3/c14-11-5-9(6-16-3-1-15-2-4-16)12-13(10(11)7-17)19-8-18-12/h5,7,15H,1-4,6,8H2. The molecule has 1 saturated heterocycles. The fourth-order valence-corrected chi connectivity index (χ4v) is 3.01. The molecule has 6 heteroatoms. The minimum atomic E-state index is 0.182. The maximum atomic E-state index is 11.1. The first-order valence-corrected chi connectivity index (χ1v) is 7.08. The molecule has 1 aromatic carbocycles. The minimum Gasteiger partial charge on any atom is -0.453 e. The smallest absolute Gasteiger partial charge is 0.231 e. The molecule has 2 aliphatic rings. The summed E-state index contributed by atoms with van der Waals surface area (Å²) < 4.78 is 11.7. The number of carbonyl (C=O) groups excluding carboxylic acids is 1. The lowest BCUT2D eigenvalue weighted by atomic mass is 10.1. The van der Waals surface area contributed by atoms with E-state index >= 15 is 0 Å². The number of aldehydes is 1. The predicted molar refractivity (Wildman–Crippen MR) is 73.8 cm³/mol. The third kappa shape index (κ3) is 2.48. The number of hydrogen-bond acceptors (Lipinski definition) is 5. The number of fused-ring (bicyclic) bond motifs is 1. The lowest BCUT2D eigenvalue weighted by Crippen LogP contribution is -2.42. The second kappa shape index (κ2) is 5.48. The molecule has 1 aromatic rings. The van der Waals surface area contributed by atoms with Crippen molar-refractivity contribution < 1.29 is 14.3 Å². The molecule has 0 radical (unpaired) electrons. The second-order valence-electron chi connectivity index (χ2n) is 4.64. The molecule has 0 unspecified atom stereocenters. The first kappa shape index (κ1) is 12.9. The van der Waals surface area contributed by atoms with Crippen LogP contribution in [0.25, 0.3) is 0 Å². The Hall–Kier alpha value is -1.11. The zero-order chi connectivity index (χ0) is 13.2. The fourth-order valence-electron chi connectivity index (χ4n) is 2.46. The van der Waals surface area contributed by atoms with Crippen LogP contribution in [-0.2, 0) is 6.54 Å². The molecule has 3 rings (SSSR count). The van der Waals surface area contributed by atoms with E-state index in [0.717, 1.165) is 49.0 Å². The lowest BCUT2D eigenvalue weighted by Gasteiger charge is -2.27. The van der Waals surface area contributed by atoms with Crippen molar-refractivity contribution in [1.82, 2.24) is 10.2 Å². The molecule has 2 heterocycles. The summed E-state index contributed by atoms with van der Waals surface area (Å²) in [4.78, 5) is 13.5. The van der Waals surface area contributed by atoms with Crippen LogP contribution in [-0.4, -0.2) is 44.2 Å². The Morgan fingerprint density at radius 3 is 2.79 bits per heavy atom. The van der Waals surface area contributed by atoms with E-state index in [1.807, 2.05) is 6.07 Å². The Bertz CT molecular complexity index is 501. The normalized spacial score (nSPS) is 18.6. The summed E-state index contributed by atoms with van der Waals surface area (Å²) in [5.41, 5.74) is 1.59. The van der Waals surface area contributed by atoms with Crippen molar-refractivity contribution in [2.45, 2.75) is 6.54 Å². The number of carbonyl (C=O) groups is 1. The van der Waals surface area contributed by atoms with E-state index < -0.39 is 0 Å². The van der Waals surface area contributed by atoms with Crippen LogP contribution in [0.15, 0.2) is 10.5 Å². The van der Waals surface area contributed by atoms with Crippen LogP contribution < -0.4 is 14.8 Å². The highest BCUT2D eigenvalue weighted by molar-refractivity contribution is 9.10. The third-order valence-corrected chi connectivity index (χ3v) is 4.08. The Morgan fingerprint density at radius 2 is 2.05 bits per heavy atom. The van der Waals surface area contributed by atoms with Crippen LogP contribution in [0.3, 0.4) is 0 Å². The maximum Gasteiger partial charge on any atom is 0.231 e. The van der Waals surface area contributed by atoms with Crippen LogP contribution in [0.4, 0.5) is 0 Å². The van der Waals surface area contributed by atoms with Crippen LogP contribution >= 0.6 is 15.9 Å². The van der Waals surface area contributed by atoms with Gasteiger partial charge in [-0.3, -0.25) is 9.69 Å². The summed E-state index contributed by atoms with van der Waals surface area (Å²) >= 11 is 3.43. The van der Waals surface area contributed by atoms with Gasteiger partial charge in [0.15, 0.2) is 17.8 Å². The van der Waals surface area contributed by atoms with Gasteiger partial charge in [-0.1, -0.05) is 0 Å². The van der Waals surface area contributed by atoms with Crippen molar-refractivity contribution >= 4 is 22.2 Å². The molecule has 1 N–H and O–H groups in total. The highest BCUT2D eigenvalue weighted by atomic mass is 79.9. The molecule has 5 nitrogen and oxygen atoms in total. The zero-order valence-corrected chi connectivity index (χ0v) is 12.0. The monoisotopic (exact) mass is 326 g/mol. The predicted octanol–water partition coefficient (Wildman–Crippen LogP) is 1.40. The van der Waals surface area contributed by atoms with Gasteiger partial charge in [-0.2, -0.15) is 0 Å². The van der Waals surface area contributed by atoms with E-state index in [9.17, 15) is 4.79 Å². The van der Waals surface area contributed by atoms with Gasteiger partial charge in [0.1, 0.15) is 0 Å². The summed E-state index contributed by atoms with van der Waals surface area (Å²) in [5.74, 6) is 1.28. The Labute approximate surface area is 120 Å². The lowest BCUT2D eigenvalue weighted by molar-refractivity contribution is 0.111. The Kier molecular flexibility index (Phi) is 3.72. The second-order valence-corrected chi connectivity index (χ2v) is 5.49. The molecule has 0 aliphatic carbocycles. The first-order chi connectivity index (χ1) is 9.29. The fraction of sp³-hybridized carbons (Fsp3) is 0.462. The number of benzene rings is 1. The quantitative estimate of drug-likeness (QED) is 0.851. The first-order valence-electron chi connectivity index (χ1n) is 6.29. The van der Waals surface area contributed by atoms with E-state index in [4.69, 9.17) is 9.47 Å². The number of ether oxygens (including phenoxy) is 2. The number of nitrogens with zero attached hydrogens (tertiary/aromatic N) is 1. The van der Waals surface area contributed by atoms with E-state index in [2.05, 4.69) is 26.1 Å². The molecular formula is C13H15BrN2O3. The van der Waals surface area contributed by atoms with Gasteiger partial charge in [0.25, 0.3) is 0 Å².